The average molecular weight is 291 g/mol. The van der Waals surface area contributed by atoms with E-state index in [0.29, 0.717) is 5.56 Å². The maximum atomic E-state index is 12.5. The summed E-state index contributed by atoms with van der Waals surface area (Å²) < 4.78 is 1.59. The third-order valence-corrected chi connectivity index (χ3v) is 3.37. The topological polar surface area (TPSA) is 59.3 Å². The number of aliphatic carboxylic acids is 1. The monoisotopic (exact) mass is 291 g/mol. The summed E-state index contributed by atoms with van der Waals surface area (Å²) in [6.07, 6.45) is 4.34. The molecule has 1 N–H and O–H groups in total. The highest BCUT2D eigenvalue weighted by Gasteiger charge is 2.10. The fraction of sp³-hybridized carbons (Fsp3) is 0. The lowest BCUT2D eigenvalue weighted by atomic mass is 10.1. The average Bonchev–Trinajstić information content (AvgIpc) is 2.96. The van der Waals surface area contributed by atoms with E-state index in [4.69, 9.17) is 5.11 Å². The van der Waals surface area contributed by atoms with Gasteiger partial charge >= 0.3 is 5.97 Å². The second kappa shape index (κ2) is 5.69. The number of hydrogen-bond donors (Lipinski definition) is 1. The number of aromatic nitrogens is 1. The van der Waals surface area contributed by atoms with Crippen molar-refractivity contribution in [2.45, 2.75) is 0 Å². The number of fused-ring (bicyclic) bond motifs is 1. The van der Waals surface area contributed by atoms with Gasteiger partial charge < -0.3 is 5.11 Å². The number of carboxylic acids is 1. The molecule has 2 aromatic carbocycles. The molecule has 4 nitrogen and oxygen atoms in total. The minimum atomic E-state index is -0.989. The molecule has 3 aromatic rings. The van der Waals surface area contributed by atoms with Crippen molar-refractivity contribution in [3.05, 3.63) is 78.0 Å². The summed E-state index contributed by atoms with van der Waals surface area (Å²) in [5.41, 5.74) is 2.19. The minimum Gasteiger partial charge on any atom is -0.478 e. The molecule has 0 aliphatic rings. The lowest BCUT2D eigenvalue weighted by Gasteiger charge is -2.04. The van der Waals surface area contributed by atoms with Gasteiger partial charge in [-0.05, 0) is 42.0 Å². The van der Waals surface area contributed by atoms with Crippen LogP contribution in [-0.2, 0) is 4.79 Å². The van der Waals surface area contributed by atoms with Crippen molar-refractivity contribution in [2.24, 2.45) is 0 Å². The minimum absolute atomic E-state index is 0.0931. The van der Waals surface area contributed by atoms with Gasteiger partial charge in [0, 0.05) is 23.2 Å². The first-order chi connectivity index (χ1) is 10.6. The second-order valence-electron chi connectivity index (χ2n) is 4.85. The SMILES string of the molecule is O=C(O)/C=C/c1ccc2c(ccn2C(=O)c2ccccc2)c1. The van der Waals surface area contributed by atoms with Gasteiger partial charge in [0.05, 0.1) is 5.52 Å². The van der Waals surface area contributed by atoms with E-state index in [-0.39, 0.29) is 5.91 Å². The first kappa shape index (κ1) is 13.8. The van der Waals surface area contributed by atoms with Crippen molar-refractivity contribution in [1.82, 2.24) is 4.57 Å². The van der Waals surface area contributed by atoms with Gasteiger partial charge in [0.25, 0.3) is 5.91 Å². The van der Waals surface area contributed by atoms with Crippen LogP contribution in [0.1, 0.15) is 15.9 Å². The van der Waals surface area contributed by atoms with Crippen molar-refractivity contribution in [3.63, 3.8) is 0 Å². The molecular weight excluding hydrogens is 278 g/mol. The van der Waals surface area contributed by atoms with Crippen molar-refractivity contribution in [3.8, 4) is 0 Å². The predicted octanol–water partition coefficient (Wildman–Crippen LogP) is 3.43. The Bertz CT molecular complexity index is 876. The smallest absolute Gasteiger partial charge is 0.328 e. The van der Waals surface area contributed by atoms with Gasteiger partial charge in [-0.2, -0.15) is 0 Å². The molecule has 0 spiro atoms. The van der Waals surface area contributed by atoms with E-state index in [2.05, 4.69) is 0 Å². The molecular formula is C18H13NO3. The first-order valence-electron chi connectivity index (χ1n) is 6.77. The van der Waals surface area contributed by atoms with Gasteiger partial charge in [-0.3, -0.25) is 9.36 Å². The van der Waals surface area contributed by atoms with Gasteiger partial charge in [0.2, 0.25) is 0 Å². The highest BCUT2D eigenvalue weighted by Crippen LogP contribution is 2.20. The fourth-order valence-corrected chi connectivity index (χ4v) is 2.33. The van der Waals surface area contributed by atoms with E-state index in [0.717, 1.165) is 22.5 Å². The molecule has 1 heterocycles. The van der Waals surface area contributed by atoms with Crippen LogP contribution in [0.3, 0.4) is 0 Å². The van der Waals surface area contributed by atoms with Gasteiger partial charge in [-0.25, -0.2) is 4.79 Å². The summed E-state index contributed by atoms with van der Waals surface area (Å²) in [4.78, 5) is 23.0. The Hall–Kier alpha value is -3.14. The van der Waals surface area contributed by atoms with E-state index in [9.17, 15) is 9.59 Å². The van der Waals surface area contributed by atoms with Crippen molar-refractivity contribution in [1.29, 1.82) is 0 Å². The molecule has 4 heteroatoms. The molecule has 0 aliphatic heterocycles. The Kier molecular flexibility index (Phi) is 3.58. The molecule has 0 saturated carbocycles. The quantitative estimate of drug-likeness (QED) is 0.752. The number of carboxylic acid groups (broad SMARTS) is 1. The third kappa shape index (κ3) is 2.67. The molecule has 0 amide bonds. The van der Waals surface area contributed by atoms with Gasteiger partial charge in [0.15, 0.2) is 0 Å². The molecule has 0 unspecified atom stereocenters. The van der Waals surface area contributed by atoms with Crippen LogP contribution in [0.15, 0.2) is 66.9 Å². The lowest BCUT2D eigenvalue weighted by molar-refractivity contribution is -0.131. The van der Waals surface area contributed by atoms with Crippen LogP contribution in [0.25, 0.3) is 17.0 Å². The van der Waals surface area contributed by atoms with Gasteiger partial charge in [-0.15, -0.1) is 0 Å². The molecule has 0 atom stereocenters. The highest BCUT2D eigenvalue weighted by molar-refractivity contribution is 6.02. The molecule has 108 valence electrons. The van der Waals surface area contributed by atoms with Crippen LogP contribution >= 0.6 is 0 Å². The van der Waals surface area contributed by atoms with Crippen molar-refractivity contribution in [2.75, 3.05) is 0 Å². The molecule has 22 heavy (non-hydrogen) atoms. The summed E-state index contributed by atoms with van der Waals surface area (Å²) in [6, 6.07) is 16.4. The molecule has 0 fully saturated rings. The Morgan fingerprint density at radius 2 is 1.77 bits per heavy atom. The van der Waals surface area contributed by atoms with E-state index in [1.165, 1.54) is 6.08 Å². The van der Waals surface area contributed by atoms with Crippen LogP contribution in [0.4, 0.5) is 0 Å². The van der Waals surface area contributed by atoms with Crippen LogP contribution in [0.5, 0.6) is 0 Å². The zero-order chi connectivity index (χ0) is 15.5. The van der Waals surface area contributed by atoms with E-state index in [1.54, 1.807) is 29.0 Å². The molecule has 0 aliphatic carbocycles. The molecule has 1 aromatic heterocycles. The zero-order valence-corrected chi connectivity index (χ0v) is 11.6. The van der Waals surface area contributed by atoms with E-state index >= 15 is 0 Å². The van der Waals surface area contributed by atoms with Gasteiger partial charge in [-0.1, -0.05) is 24.3 Å². The number of benzene rings is 2. The van der Waals surface area contributed by atoms with E-state index in [1.807, 2.05) is 36.4 Å². The van der Waals surface area contributed by atoms with Crippen LogP contribution in [-0.4, -0.2) is 21.6 Å². The molecule has 0 saturated heterocycles. The molecule has 0 radical (unpaired) electrons. The third-order valence-electron chi connectivity index (χ3n) is 3.37. The maximum absolute atomic E-state index is 12.5. The highest BCUT2D eigenvalue weighted by atomic mass is 16.4. The normalized spacial score (nSPS) is 11.1. The zero-order valence-electron chi connectivity index (χ0n) is 11.6. The Labute approximate surface area is 126 Å². The van der Waals surface area contributed by atoms with Crippen molar-refractivity contribution >= 4 is 28.9 Å². The standard InChI is InChI=1S/C18H13NO3/c20-17(21)9-7-13-6-8-16-15(12-13)10-11-19(16)18(22)14-4-2-1-3-5-14/h1-12H,(H,20,21)/b9-7+. The number of carbonyl (C=O) groups is 2. The lowest BCUT2D eigenvalue weighted by Crippen LogP contribution is -2.10. The summed E-state index contributed by atoms with van der Waals surface area (Å²) in [5.74, 6) is -1.08. The Balaban J connectivity index is 1.99. The number of carbonyl (C=O) groups excluding carboxylic acids is 1. The first-order valence-corrected chi connectivity index (χ1v) is 6.77. The van der Waals surface area contributed by atoms with Crippen molar-refractivity contribution < 1.29 is 14.7 Å². The second-order valence-corrected chi connectivity index (χ2v) is 4.85. The van der Waals surface area contributed by atoms with Crippen LogP contribution in [0, 0.1) is 0 Å². The summed E-state index contributed by atoms with van der Waals surface area (Å²) in [5, 5.41) is 9.54. The molecule has 0 bridgehead atoms. The predicted molar refractivity (Wildman–Crippen MR) is 84.8 cm³/mol. The summed E-state index contributed by atoms with van der Waals surface area (Å²) in [7, 11) is 0. The summed E-state index contributed by atoms with van der Waals surface area (Å²) >= 11 is 0. The number of hydrogen-bond acceptors (Lipinski definition) is 2. The number of rotatable bonds is 3. The maximum Gasteiger partial charge on any atom is 0.328 e. The Morgan fingerprint density at radius 3 is 2.50 bits per heavy atom. The fourth-order valence-electron chi connectivity index (χ4n) is 2.33. The largest absolute Gasteiger partial charge is 0.478 e. The number of nitrogens with zero attached hydrogens (tertiary/aromatic N) is 1. The van der Waals surface area contributed by atoms with Crippen LogP contribution < -0.4 is 0 Å². The summed E-state index contributed by atoms with van der Waals surface area (Å²) in [6.45, 7) is 0. The Morgan fingerprint density at radius 1 is 1.00 bits per heavy atom. The van der Waals surface area contributed by atoms with Crippen LogP contribution in [0.2, 0.25) is 0 Å². The van der Waals surface area contributed by atoms with Gasteiger partial charge in [0.1, 0.15) is 0 Å². The van der Waals surface area contributed by atoms with E-state index < -0.39 is 5.97 Å². The molecule has 3 rings (SSSR count).